The first-order chi connectivity index (χ1) is 23.2. The molecule has 0 radical (unpaired) electrons. The lowest BCUT2D eigenvalue weighted by Gasteiger charge is -2.15. The van der Waals surface area contributed by atoms with Crippen molar-refractivity contribution in [2.75, 3.05) is 28.4 Å². The Balaban J connectivity index is 1.41. The lowest BCUT2D eigenvalue weighted by molar-refractivity contribution is 0.344. The van der Waals surface area contributed by atoms with E-state index in [9.17, 15) is 5.11 Å². The van der Waals surface area contributed by atoms with Gasteiger partial charge in [0.1, 0.15) is 11.5 Å². The molecule has 0 atom stereocenters. The predicted molar refractivity (Wildman–Crippen MR) is 190 cm³/mol. The van der Waals surface area contributed by atoms with Crippen molar-refractivity contribution in [2.45, 2.75) is 27.7 Å². The van der Waals surface area contributed by atoms with Gasteiger partial charge < -0.3 is 37.6 Å². The van der Waals surface area contributed by atoms with E-state index >= 15 is 0 Å². The molecule has 2 heterocycles. The van der Waals surface area contributed by atoms with E-state index in [4.69, 9.17) is 32.5 Å². The number of phenols is 1. The van der Waals surface area contributed by atoms with Gasteiger partial charge in [0.2, 0.25) is 5.75 Å². The van der Waals surface area contributed by atoms with Gasteiger partial charge in [0.05, 0.1) is 28.4 Å². The van der Waals surface area contributed by atoms with Crippen molar-refractivity contribution in [1.29, 1.82) is 0 Å². The van der Waals surface area contributed by atoms with Gasteiger partial charge in [0, 0.05) is 33.0 Å². The standard InChI is InChI=1S/C40H38O8/c1-9-11-24-15-28-22(3)37(47-39(28)34(17-24)44-7)26-13-14-30(31(19-26)42-5)46-33-21-27(20-32(43-6)36(33)41)38-23(4)29-16-25(12-10-2)18-35(45-8)40(29)48-38/h9-21,41H,1-8H3/b11-9+,12-10+. The Hall–Kier alpha value is -5.76. The van der Waals surface area contributed by atoms with Crippen LogP contribution in [0.2, 0.25) is 0 Å². The minimum Gasteiger partial charge on any atom is -0.502 e. The second kappa shape index (κ2) is 13.2. The Morgan fingerprint density at radius 1 is 0.542 bits per heavy atom. The van der Waals surface area contributed by atoms with E-state index in [1.165, 1.54) is 7.11 Å². The van der Waals surface area contributed by atoms with Crippen LogP contribution in [0.3, 0.4) is 0 Å². The number of hydrogen-bond acceptors (Lipinski definition) is 8. The molecule has 0 unspecified atom stereocenters. The SMILES string of the molecule is C/C=C/c1cc(OC)c2oc(-c3ccc(Oc4cc(-c5oc6c(OC)cc(/C=C/C)cc6c5C)cc(OC)c4O)c(OC)c3)c(C)c2c1. The highest BCUT2D eigenvalue weighted by Crippen LogP contribution is 2.48. The molecule has 0 aliphatic rings. The highest BCUT2D eigenvalue weighted by atomic mass is 16.5. The van der Waals surface area contributed by atoms with Crippen molar-refractivity contribution in [3.63, 3.8) is 0 Å². The molecule has 6 aromatic rings. The second-order valence-corrected chi connectivity index (χ2v) is 11.3. The van der Waals surface area contributed by atoms with E-state index in [1.54, 1.807) is 39.5 Å². The zero-order chi connectivity index (χ0) is 34.1. The number of hydrogen-bond donors (Lipinski definition) is 1. The lowest BCUT2D eigenvalue weighted by Crippen LogP contribution is -1.94. The van der Waals surface area contributed by atoms with Crippen LogP contribution < -0.4 is 23.7 Å². The van der Waals surface area contributed by atoms with Crippen molar-refractivity contribution in [2.24, 2.45) is 0 Å². The summed E-state index contributed by atoms with van der Waals surface area (Å²) < 4.78 is 41.7. The van der Waals surface area contributed by atoms with Crippen LogP contribution in [0.25, 0.3) is 56.7 Å². The van der Waals surface area contributed by atoms with Crippen LogP contribution in [0.5, 0.6) is 40.2 Å². The lowest BCUT2D eigenvalue weighted by atomic mass is 10.0. The van der Waals surface area contributed by atoms with Crippen LogP contribution >= 0.6 is 0 Å². The smallest absolute Gasteiger partial charge is 0.201 e. The molecular weight excluding hydrogens is 608 g/mol. The molecule has 0 aliphatic heterocycles. The third-order valence-corrected chi connectivity index (χ3v) is 8.38. The summed E-state index contributed by atoms with van der Waals surface area (Å²) in [5.41, 5.74) is 6.64. The molecule has 0 saturated carbocycles. The van der Waals surface area contributed by atoms with Gasteiger partial charge in [-0.05, 0) is 93.4 Å². The number of benzene rings is 4. The normalized spacial score (nSPS) is 11.7. The molecule has 2 aromatic heterocycles. The summed E-state index contributed by atoms with van der Waals surface area (Å²) in [6, 6.07) is 17.0. The van der Waals surface area contributed by atoms with E-state index in [-0.39, 0.29) is 17.2 Å². The van der Waals surface area contributed by atoms with Crippen molar-refractivity contribution in [3.8, 4) is 62.9 Å². The zero-order valence-electron chi connectivity index (χ0n) is 28.3. The first-order valence-electron chi connectivity index (χ1n) is 15.5. The van der Waals surface area contributed by atoms with Crippen molar-refractivity contribution >= 4 is 34.1 Å². The molecule has 0 spiro atoms. The fourth-order valence-corrected chi connectivity index (χ4v) is 6.01. The molecule has 1 N–H and O–H groups in total. The number of aryl methyl sites for hydroxylation is 2. The summed E-state index contributed by atoms with van der Waals surface area (Å²) in [5, 5.41) is 13.0. The Morgan fingerprint density at radius 2 is 1.02 bits per heavy atom. The molecule has 0 aliphatic carbocycles. The van der Waals surface area contributed by atoms with Crippen LogP contribution in [0.1, 0.15) is 36.1 Å². The number of allylic oxidation sites excluding steroid dienone is 2. The van der Waals surface area contributed by atoms with Crippen LogP contribution in [0.15, 0.2) is 75.6 Å². The monoisotopic (exact) mass is 646 g/mol. The minimum absolute atomic E-state index is 0.161. The van der Waals surface area contributed by atoms with Gasteiger partial charge >= 0.3 is 0 Å². The Morgan fingerprint density at radius 3 is 1.52 bits per heavy atom. The van der Waals surface area contributed by atoms with Gasteiger partial charge in [-0.2, -0.15) is 0 Å². The maximum Gasteiger partial charge on any atom is 0.201 e. The molecule has 0 saturated heterocycles. The molecule has 4 aromatic carbocycles. The molecule has 6 rings (SSSR count). The van der Waals surface area contributed by atoms with E-state index in [0.717, 1.165) is 38.6 Å². The molecule has 8 heteroatoms. The summed E-state index contributed by atoms with van der Waals surface area (Å²) in [5.74, 6) is 3.62. The topological polar surface area (TPSA) is 92.7 Å². The number of furan rings is 2. The first-order valence-corrected chi connectivity index (χ1v) is 15.5. The minimum atomic E-state index is -0.161. The van der Waals surface area contributed by atoms with Gasteiger partial charge in [-0.1, -0.05) is 24.3 Å². The quantitative estimate of drug-likeness (QED) is 0.157. The van der Waals surface area contributed by atoms with Crippen molar-refractivity contribution < 1.29 is 37.6 Å². The summed E-state index contributed by atoms with van der Waals surface area (Å²) in [6.07, 6.45) is 7.99. The van der Waals surface area contributed by atoms with Gasteiger partial charge in [-0.25, -0.2) is 0 Å². The van der Waals surface area contributed by atoms with Gasteiger partial charge in [-0.3, -0.25) is 0 Å². The maximum absolute atomic E-state index is 11.2. The Bertz CT molecular complexity index is 2210. The summed E-state index contributed by atoms with van der Waals surface area (Å²) >= 11 is 0. The number of fused-ring (bicyclic) bond motifs is 2. The van der Waals surface area contributed by atoms with E-state index in [2.05, 4.69) is 12.1 Å². The summed E-state index contributed by atoms with van der Waals surface area (Å²) in [6.45, 7) is 7.95. The highest BCUT2D eigenvalue weighted by molar-refractivity contribution is 5.95. The number of methoxy groups -OCH3 is 4. The highest BCUT2D eigenvalue weighted by Gasteiger charge is 2.23. The Kier molecular flexibility index (Phi) is 8.82. The van der Waals surface area contributed by atoms with Gasteiger partial charge in [0.25, 0.3) is 0 Å². The molecule has 48 heavy (non-hydrogen) atoms. The Labute approximate surface area is 279 Å². The van der Waals surface area contributed by atoms with E-state index in [0.29, 0.717) is 51.2 Å². The van der Waals surface area contributed by atoms with Gasteiger partial charge in [0.15, 0.2) is 45.7 Å². The largest absolute Gasteiger partial charge is 0.502 e. The third-order valence-electron chi connectivity index (χ3n) is 8.38. The van der Waals surface area contributed by atoms with Crippen molar-refractivity contribution in [3.05, 3.63) is 89.0 Å². The molecule has 0 amide bonds. The van der Waals surface area contributed by atoms with Crippen LogP contribution in [-0.2, 0) is 0 Å². The fourth-order valence-electron chi connectivity index (χ4n) is 6.01. The summed E-state index contributed by atoms with van der Waals surface area (Å²) in [4.78, 5) is 0. The summed E-state index contributed by atoms with van der Waals surface area (Å²) in [7, 11) is 6.30. The maximum atomic E-state index is 11.2. The first kappa shape index (κ1) is 32.2. The average Bonchev–Trinajstić information content (AvgIpc) is 3.61. The predicted octanol–water partition coefficient (Wildman–Crippen LogP) is 10.7. The van der Waals surface area contributed by atoms with E-state index < -0.39 is 0 Å². The molecule has 0 fully saturated rings. The van der Waals surface area contributed by atoms with Crippen LogP contribution in [0.4, 0.5) is 0 Å². The average molecular weight is 647 g/mol. The van der Waals surface area contributed by atoms with Gasteiger partial charge in [-0.15, -0.1) is 0 Å². The molecule has 0 bridgehead atoms. The second-order valence-electron chi connectivity index (χ2n) is 11.3. The number of ether oxygens (including phenoxy) is 5. The third kappa shape index (κ3) is 5.59. The van der Waals surface area contributed by atoms with E-state index in [1.807, 2.05) is 76.3 Å². The molecular formula is C40H38O8. The number of phenolic OH excluding ortho intramolecular Hbond substituents is 1. The fraction of sp³-hybridized carbons (Fsp3) is 0.200. The zero-order valence-corrected chi connectivity index (χ0v) is 28.3. The molecule has 246 valence electrons. The number of rotatable bonds is 10. The number of aromatic hydroxyl groups is 1. The van der Waals surface area contributed by atoms with Crippen LogP contribution in [0, 0.1) is 13.8 Å². The molecule has 8 nitrogen and oxygen atoms in total. The van der Waals surface area contributed by atoms with Crippen molar-refractivity contribution in [1.82, 2.24) is 0 Å². The van der Waals surface area contributed by atoms with Crippen LogP contribution in [-0.4, -0.2) is 33.5 Å².